The van der Waals surface area contributed by atoms with E-state index in [1.165, 1.54) is 41.0 Å². The average Bonchev–Trinajstić information content (AvgIpc) is 2.93. The molecule has 6 nitrogen and oxygen atoms in total. The lowest BCUT2D eigenvalue weighted by atomic mass is 10.00. The molecule has 1 aliphatic carbocycles. The molecule has 2 amide bonds. The van der Waals surface area contributed by atoms with Crippen LogP contribution in [0.15, 0.2) is 6.07 Å². The van der Waals surface area contributed by atoms with Crippen molar-refractivity contribution in [3.8, 4) is 0 Å². The first-order valence-corrected chi connectivity index (χ1v) is 9.28. The molecular formula is C17H24N2O4S. The second kappa shape index (κ2) is 9.42. The molecule has 1 aromatic heterocycles. The van der Waals surface area contributed by atoms with Crippen LogP contribution in [0.1, 0.15) is 65.6 Å². The summed E-state index contributed by atoms with van der Waals surface area (Å²) in [6.45, 7) is 2.00. The third-order valence-electron chi connectivity index (χ3n) is 3.90. The van der Waals surface area contributed by atoms with E-state index in [9.17, 15) is 14.4 Å². The number of ether oxygens (including phenoxy) is 1. The number of hydrazine groups is 1. The van der Waals surface area contributed by atoms with E-state index in [2.05, 4.69) is 10.9 Å². The van der Waals surface area contributed by atoms with Crippen LogP contribution in [0.3, 0.4) is 0 Å². The first-order chi connectivity index (χ1) is 11.6. The number of rotatable bonds is 5. The van der Waals surface area contributed by atoms with Crippen LogP contribution in [-0.4, -0.2) is 24.4 Å². The van der Waals surface area contributed by atoms with E-state index in [0.29, 0.717) is 11.5 Å². The summed E-state index contributed by atoms with van der Waals surface area (Å²) >= 11 is 1.51. The number of fused-ring (bicyclic) bond motifs is 1. The van der Waals surface area contributed by atoms with Gasteiger partial charge in [-0.1, -0.05) is 12.8 Å². The first kappa shape index (κ1) is 18.4. The molecule has 0 saturated heterocycles. The number of hydrogen-bond acceptors (Lipinski definition) is 5. The molecule has 0 aromatic carbocycles. The van der Waals surface area contributed by atoms with E-state index in [1.54, 1.807) is 6.92 Å². The summed E-state index contributed by atoms with van der Waals surface area (Å²) in [6.07, 6.45) is 6.85. The van der Waals surface area contributed by atoms with Crippen molar-refractivity contribution < 1.29 is 19.1 Å². The maximum atomic E-state index is 12.2. The van der Waals surface area contributed by atoms with Gasteiger partial charge in [0.25, 0.3) is 5.91 Å². The fourth-order valence-corrected chi connectivity index (χ4v) is 3.80. The fourth-order valence-electron chi connectivity index (χ4n) is 2.66. The van der Waals surface area contributed by atoms with Gasteiger partial charge in [0.15, 0.2) is 0 Å². The molecule has 0 atom stereocenters. The Morgan fingerprint density at radius 2 is 1.83 bits per heavy atom. The molecule has 0 aliphatic heterocycles. The zero-order chi connectivity index (χ0) is 17.4. The van der Waals surface area contributed by atoms with Gasteiger partial charge in [0.2, 0.25) is 5.91 Å². The van der Waals surface area contributed by atoms with E-state index < -0.39 is 11.9 Å². The average molecular weight is 352 g/mol. The molecule has 0 fully saturated rings. The van der Waals surface area contributed by atoms with Crippen LogP contribution in [-0.2, 0) is 27.2 Å². The van der Waals surface area contributed by atoms with Gasteiger partial charge in [-0.15, -0.1) is 11.3 Å². The van der Waals surface area contributed by atoms with E-state index in [-0.39, 0.29) is 18.7 Å². The lowest BCUT2D eigenvalue weighted by Crippen LogP contribution is -2.41. The molecule has 0 bridgehead atoms. The molecule has 2 N–H and O–H groups in total. The third-order valence-corrected chi connectivity index (χ3v) is 5.13. The van der Waals surface area contributed by atoms with Gasteiger partial charge in [0.1, 0.15) is 0 Å². The van der Waals surface area contributed by atoms with Crippen LogP contribution in [0, 0.1) is 0 Å². The van der Waals surface area contributed by atoms with Gasteiger partial charge in [-0.3, -0.25) is 25.2 Å². The minimum absolute atomic E-state index is 0.00282. The summed E-state index contributed by atoms with van der Waals surface area (Å²) in [5.41, 5.74) is 6.02. The van der Waals surface area contributed by atoms with Crippen molar-refractivity contribution in [2.75, 3.05) is 6.61 Å². The Morgan fingerprint density at radius 3 is 2.58 bits per heavy atom. The molecule has 1 aliphatic rings. The summed E-state index contributed by atoms with van der Waals surface area (Å²) in [6, 6.07) is 1.94. The van der Waals surface area contributed by atoms with Gasteiger partial charge < -0.3 is 4.74 Å². The van der Waals surface area contributed by atoms with E-state index >= 15 is 0 Å². The zero-order valence-electron chi connectivity index (χ0n) is 14.0. The summed E-state index contributed by atoms with van der Waals surface area (Å²) in [4.78, 5) is 36.9. The number of aryl methyl sites for hydroxylation is 2. The Bertz CT molecular complexity index is 572. The third kappa shape index (κ3) is 5.63. The van der Waals surface area contributed by atoms with Crippen molar-refractivity contribution in [3.05, 3.63) is 21.4 Å². The van der Waals surface area contributed by atoms with Crippen molar-refractivity contribution in [3.63, 3.8) is 0 Å². The Morgan fingerprint density at radius 1 is 1.08 bits per heavy atom. The molecule has 0 saturated carbocycles. The minimum atomic E-state index is -0.419. The summed E-state index contributed by atoms with van der Waals surface area (Å²) in [5.74, 6) is -1.14. The Kier molecular flexibility index (Phi) is 7.24. The molecule has 132 valence electrons. The van der Waals surface area contributed by atoms with Gasteiger partial charge >= 0.3 is 5.97 Å². The number of esters is 1. The quantitative estimate of drug-likeness (QED) is 0.630. The number of nitrogens with one attached hydrogen (secondary N) is 2. The molecule has 0 spiro atoms. The molecule has 0 radical (unpaired) electrons. The molecule has 7 heteroatoms. The van der Waals surface area contributed by atoms with E-state index in [4.69, 9.17) is 4.74 Å². The highest BCUT2D eigenvalue weighted by Gasteiger charge is 2.16. The number of carbonyl (C=O) groups excluding carboxylic acids is 3. The van der Waals surface area contributed by atoms with Crippen LogP contribution >= 0.6 is 11.3 Å². The maximum Gasteiger partial charge on any atom is 0.306 e. The Balaban J connectivity index is 1.81. The topological polar surface area (TPSA) is 84.5 Å². The van der Waals surface area contributed by atoms with Crippen LogP contribution < -0.4 is 10.9 Å². The van der Waals surface area contributed by atoms with Crippen molar-refractivity contribution in [1.82, 2.24) is 10.9 Å². The predicted octanol–water partition coefficient (Wildman–Crippen LogP) is 2.51. The van der Waals surface area contributed by atoms with E-state index in [0.717, 1.165) is 19.3 Å². The largest absolute Gasteiger partial charge is 0.466 e. The maximum absolute atomic E-state index is 12.2. The number of hydrogen-bond donors (Lipinski definition) is 2. The highest BCUT2D eigenvalue weighted by molar-refractivity contribution is 7.14. The molecule has 0 unspecified atom stereocenters. The van der Waals surface area contributed by atoms with Crippen molar-refractivity contribution in [2.24, 2.45) is 0 Å². The van der Waals surface area contributed by atoms with Gasteiger partial charge in [0, 0.05) is 11.3 Å². The van der Waals surface area contributed by atoms with Gasteiger partial charge in [-0.2, -0.15) is 0 Å². The molecular weight excluding hydrogens is 328 g/mol. The SMILES string of the molecule is CCOC(=O)CCC(=O)NNC(=O)c1cc2c(s1)CCCCCC2. The van der Waals surface area contributed by atoms with Crippen molar-refractivity contribution in [1.29, 1.82) is 0 Å². The molecule has 2 rings (SSSR count). The lowest BCUT2D eigenvalue weighted by molar-refractivity contribution is -0.144. The fraction of sp³-hybridized carbons (Fsp3) is 0.588. The van der Waals surface area contributed by atoms with Crippen molar-refractivity contribution in [2.45, 2.75) is 58.3 Å². The second-order valence-electron chi connectivity index (χ2n) is 5.78. The smallest absolute Gasteiger partial charge is 0.306 e. The summed E-state index contributed by atoms with van der Waals surface area (Å²) in [7, 11) is 0. The van der Waals surface area contributed by atoms with Gasteiger partial charge in [-0.25, -0.2) is 0 Å². The highest BCUT2D eigenvalue weighted by Crippen LogP contribution is 2.28. The van der Waals surface area contributed by atoms with Crippen LogP contribution in [0.4, 0.5) is 0 Å². The monoisotopic (exact) mass is 352 g/mol. The first-order valence-electron chi connectivity index (χ1n) is 8.46. The summed E-state index contributed by atoms with van der Waals surface area (Å²) in [5, 5.41) is 0. The number of thiophene rings is 1. The van der Waals surface area contributed by atoms with E-state index in [1.807, 2.05) is 6.07 Å². The molecule has 24 heavy (non-hydrogen) atoms. The summed E-state index contributed by atoms with van der Waals surface area (Å²) < 4.78 is 4.75. The van der Waals surface area contributed by atoms with Crippen LogP contribution in [0.25, 0.3) is 0 Å². The van der Waals surface area contributed by atoms with Crippen LogP contribution in [0.2, 0.25) is 0 Å². The second-order valence-corrected chi connectivity index (χ2v) is 6.92. The Labute approximate surface area is 145 Å². The predicted molar refractivity (Wildman–Crippen MR) is 91.7 cm³/mol. The minimum Gasteiger partial charge on any atom is -0.466 e. The highest BCUT2D eigenvalue weighted by atomic mass is 32.1. The normalized spacial score (nSPS) is 14.0. The van der Waals surface area contributed by atoms with Crippen LogP contribution in [0.5, 0.6) is 0 Å². The van der Waals surface area contributed by atoms with Gasteiger partial charge in [0.05, 0.1) is 17.9 Å². The Hall–Kier alpha value is -1.89. The standard InChI is InChI=1S/C17H24N2O4S/c1-2-23-16(21)10-9-15(20)18-19-17(22)14-11-12-7-5-3-4-6-8-13(12)24-14/h11H,2-10H2,1H3,(H,18,20)(H,19,22). The molecule has 1 aromatic rings. The van der Waals surface area contributed by atoms with Crippen molar-refractivity contribution >= 4 is 29.1 Å². The molecule has 1 heterocycles. The number of carbonyl (C=O) groups is 3. The van der Waals surface area contributed by atoms with Gasteiger partial charge in [-0.05, 0) is 44.2 Å². The number of amides is 2. The zero-order valence-corrected chi connectivity index (χ0v) is 14.8. The lowest BCUT2D eigenvalue weighted by Gasteiger charge is -2.07.